The van der Waals surface area contributed by atoms with Crippen LogP contribution in [0.5, 0.6) is 0 Å². The average molecular weight is 309 g/mol. The van der Waals surface area contributed by atoms with Gasteiger partial charge in [0, 0.05) is 12.6 Å². The first kappa shape index (κ1) is 14.1. The predicted octanol–water partition coefficient (Wildman–Crippen LogP) is 3.48. The summed E-state index contributed by atoms with van der Waals surface area (Å²) in [5.74, 6) is 0.0533. The fraction of sp³-hybridized carbons (Fsp3) is 0.263. The van der Waals surface area contributed by atoms with E-state index in [9.17, 15) is 9.18 Å². The third-order valence-corrected chi connectivity index (χ3v) is 4.84. The molecule has 2 aliphatic heterocycles. The quantitative estimate of drug-likeness (QED) is 0.857. The molecule has 4 heteroatoms. The lowest BCUT2D eigenvalue weighted by atomic mass is 9.81. The summed E-state index contributed by atoms with van der Waals surface area (Å²) in [6.07, 6.45) is 8.39. The molecule has 2 heterocycles. The highest BCUT2D eigenvalue weighted by molar-refractivity contribution is 6.26. The van der Waals surface area contributed by atoms with E-state index in [1.54, 1.807) is 18.3 Å². The molecule has 1 aromatic carbocycles. The Morgan fingerprint density at radius 3 is 3.00 bits per heavy atom. The zero-order valence-corrected chi connectivity index (χ0v) is 12.5. The standard InChI is InChI=1S/C19H16FNO2/c1-2-14-17(12-6-5-7-13(20)10-12)18(22)19(11-16(19)23-14)15-8-3-4-9-21-15/h2-7,9-10,15-16H,1,8,11H2. The number of carbonyl (C=O) groups excluding carboxylic acids is 1. The van der Waals surface area contributed by atoms with E-state index in [-0.39, 0.29) is 23.7 Å². The van der Waals surface area contributed by atoms with Crippen molar-refractivity contribution in [2.45, 2.75) is 25.0 Å². The highest BCUT2D eigenvalue weighted by Crippen LogP contribution is 2.60. The van der Waals surface area contributed by atoms with Gasteiger partial charge in [-0.2, -0.15) is 0 Å². The van der Waals surface area contributed by atoms with E-state index in [2.05, 4.69) is 11.6 Å². The van der Waals surface area contributed by atoms with Gasteiger partial charge in [0.05, 0.1) is 17.0 Å². The highest BCUT2D eigenvalue weighted by Gasteiger charge is 2.69. The Morgan fingerprint density at radius 2 is 2.30 bits per heavy atom. The molecule has 1 aromatic rings. The van der Waals surface area contributed by atoms with Crippen LogP contribution in [0.2, 0.25) is 0 Å². The number of hydrogen-bond donors (Lipinski definition) is 0. The normalized spacial score (nSPS) is 31.6. The Kier molecular flexibility index (Phi) is 3.08. The number of carbonyl (C=O) groups is 1. The molecule has 23 heavy (non-hydrogen) atoms. The summed E-state index contributed by atoms with van der Waals surface area (Å²) < 4.78 is 19.6. The number of rotatable bonds is 3. The molecule has 0 amide bonds. The van der Waals surface area contributed by atoms with Crippen LogP contribution in [0.15, 0.2) is 59.8 Å². The second-order valence-electron chi connectivity index (χ2n) is 6.11. The summed E-state index contributed by atoms with van der Waals surface area (Å²) in [7, 11) is 0. The number of ketones is 1. The number of ether oxygens (including phenoxy) is 1. The largest absolute Gasteiger partial charge is 0.488 e. The summed E-state index contributed by atoms with van der Waals surface area (Å²) in [5, 5.41) is 0. The molecule has 0 spiro atoms. The molecule has 1 aliphatic carbocycles. The molecule has 0 radical (unpaired) electrons. The van der Waals surface area contributed by atoms with Crippen molar-refractivity contribution in [3.05, 3.63) is 66.2 Å². The number of benzene rings is 1. The van der Waals surface area contributed by atoms with Crippen LogP contribution in [0.4, 0.5) is 4.39 Å². The van der Waals surface area contributed by atoms with Gasteiger partial charge >= 0.3 is 0 Å². The van der Waals surface area contributed by atoms with Gasteiger partial charge in [-0.3, -0.25) is 9.79 Å². The van der Waals surface area contributed by atoms with Crippen molar-refractivity contribution in [1.29, 1.82) is 0 Å². The lowest BCUT2D eigenvalue weighted by Gasteiger charge is -2.30. The zero-order chi connectivity index (χ0) is 16.0. The maximum Gasteiger partial charge on any atom is 0.179 e. The maximum absolute atomic E-state index is 13.6. The van der Waals surface area contributed by atoms with Crippen molar-refractivity contribution < 1.29 is 13.9 Å². The minimum absolute atomic E-state index is 0.00769. The number of halogens is 1. The molecule has 3 nitrogen and oxygen atoms in total. The number of hydrogen-bond acceptors (Lipinski definition) is 3. The van der Waals surface area contributed by atoms with Crippen molar-refractivity contribution in [3.63, 3.8) is 0 Å². The zero-order valence-electron chi connectivity index (χ0n) is 12.5. The van der Waals surface area contributed by atoms with Gasteiger partial charge < -0.3 is 4.74 Å². The number of nitrogens with zero attached hydrogens (tertiary/aromatic N) is 1. The summed E-state index contributed by atoms with van der Waals surface area (Å²) in [5.41, 5.74) is 0.332. The first-order valence-electron chi connectivity index (χ1n) is 7.69. The SMILES string of the molecule is C=CC1=C(c2cccc(F)c2)C(=O)C2(C3CC=CC=N3)CC2O1. The first-order valence-corrected chi connectivity index (χ1v) is 7.69. The van der Waals surface area contributed by atoms with Crippen molar-refractivity contribution >= 4 is 17.6 Å². The first-order chi connectivity index (χ1) is 11.2. The molecule has 116 valence electrons. The number of Topliss-reactive ketones (excluding diaryl/α,β-unsaturated/α-hetero) is 1. The molecule has 0 aromatic heterocycles. The number of allylic oxidation sites excluding steroid dienone is 3. The molecule has 1 fully saturated rings. The summed E-state index contributed by atoms with van der Waals surface area (Å²) in [6, 6.07) is 5.93. The molecule has 3 atom stereocenters. The summed E-state index contributed by atoms with van der Waals surface area (Å²) >= 11 is 0. The van der Waals surface area contributed by atoms with Gasteiger partial charge in [0.15, 0.2) is 5.78 Å². The van der Waals surface area contributed by atoms with Gasteiger partial charge in [-0.1, -0.05) is 24.8 Å². The minimum Gasteiger partial charge on any atom is -0.488 e. The van der Waals surface area contributed by atoms with E-state index < -0.39 is 5.41 Å². The Hall–Kier alpha value is -2.49. The Morgan fingerprint density at radius 1 is 1.43 bits per heavy atom. The third kappa shape index (κ3) is 2.01. The van der Waals surface area contributed by atoms with E-state index >= 15 is 0 Å². The van der Waals surface area contributed by atoms with E-state index in [4.69, 9.17) is 4.74 Å². The molecule has 0 N–H and O–H groups in total. The molecular formula is C19H16FNO2. The monoisotopic (exact) mass is 309 g/mol. The second kappa shape index (κ2) is 5.01. The van der Waals surface area contributed by atoms with Gasteiger partial charge in [-0.05, 0) is 36.3 Å². The van der Waals surface area contributed by atoms with Crippen LogP contribution in [0.25, 0.3) is 5.57 Å². The van der Waals surface area contributed by atoms with E-state index in [0.29, 0.717) is 23.3 Å². The number of aliphatic imine (C=N–C) groups is 1. The van der Waals surface area contributed by atoms with Gasteiger partial charge in [0.25, 0.3) is 0 Å². The second-order valence-corrected chi connectivity index (χ2v) is 6.11. The molecule has 0 saturated heterocycles. The van der Waals surface area contributed by atoms with Gasteiger partial charge in [0.1, 0.15) is 17.7 Å². The predicted molar refractivity (Wildman–Crippen MR) is 86.5 cm³/mol. The van der Waals surface area contributed by atoms with Crippen molar-refractivity contribution in [3.8, 4) is 0 Å². The van der Waals surface area contributed by atoms with Crippen LogP contribution >= 0.6 is 0 Å². The van der Waals surface area contributed by atoms with Crippen LogP contribution in [0, 0.1) is 11.2 Å². The minimum atomic E-state index is -0.616. The molecule has 1 saturated carbocycles. The topological polar surface area (TPSA) is 38.7 Å². The van der Waals surface area contributed by atoms with Crippen LogP contribution in [-0.2, 0) is 9.53 Å². The van der Waals surface area contributed by atoms with Crippen molar-refractivity contribution in [1.82, 2.24) is 0 Å². The van der Waals surface area contributed by atoms with Crippen LogP contribution in [0.3, 0.4) is 0 Å². The fourth-order valence-electron chi connectivity index (χ4n) is 3.59. The number of fused-ring (bicyclic) bond motifs is 1. The lowest BCUT2D eigenvalue weighted by Crippen LogP contribution is -2.37. The van der Waals surface area contributed by atoms with E-state index in [0.717, 1.165) is 6.42 Å². The molecular weight excluding hydrogens is 293 g/mol. The third-order valence-electron chi connectivity index (χ3n) is 4.84. The van der Waals surface area contributed by atoms with Gasteiger partial charge in [-0.25, -0.2) is 4.39 Å². The van der Waals surface area contributed by atoms with Crippen molar-refractivity contribution in [2.75, 3.05) is 0 Å². The van der Waals surface area contributed by atoms with Crippen LogP contribution in [-0.4, -0.2) is 24.1 Å². The van der Waals surface area contributed by atoms with Crippen LogP contribution in [0.1, 0.15) is 18.4 Å². The Bertz CT molecular complexity index is 792. The lowest BCUT2D eigenvalue weighted by molar-refractivity contribution is -0.121. The molecule has 3 aliphatic rings. The molecule has 3 unspecified atom stereocenters. The Labute approximate surface area is 133 Å². The van der Waals surface area contributed by atoms with Gasteiger partial charge in [-0.15, -0.1) is 0 Å². The fourth-order valence-corrected chi connectivity index (χ4v) is 3.59. The van der Waals surface area contributed by atoms with Gasteiger partial charge in [0.2, 0.25) is 0 Å². The smallest absolute Gasteiger partial charge is 0.179 e. The molecule has 0 bridgehead atoms. The highest BCUT2D eigenvalue weighted by atomic mass is 19.1. The number of dihydropyridines is 1. The maximum atomic E-state index is 13.6. The summed E-state index contributed by atoms with van der Waals surface area (Å²) in [6.45, 7) is 3.74. The molecule has 4 rings (SSSR count). The summed E-state index contributed by atoms with van der Waals surface area (Å²) in [4.78, 5) is 17.7. The Balaban J connectivity index is 1.79. The van der Waals surface area contributed by atoms with Crippen molar-refractivity contribution in [2.24, 2.45) is 10.4 Å². The average Bonchev–Trinajstić information content (AvgIpc) is 3.31. The van der Waals surface area contributed by atoms with E-state index in [1.165, 1.54) is 18.2 Å². The van der Waals surface area contributed by atoms with E-state index in [1.807, 2.05) is 12.2 Å². The van der Waals surface area contributed by atoms with Crippen LogP contribution < -0.4 is 0 Å².